The second kappa shape index (κ2) is 6.25. The van der Waals surface area contributed by atoms with E-state index in [4.69, 9.17) is 4.74 Å². The third-order valence-corrected chi connectivity index (χ3v) is 2.78. The molecule has 0 heterocycles. The van der Waals surface area contributed by atoms with E-state index in [1.807, 2.05) is 32.2 Å². The number of nitrogens with zero attached hydrogens (tertiary/aromatic N) is 1. The molecule has 1 N–H and O–H groups in total. The maximum absolute atomic E-state index is 11.6. The van der Waals surface area contributed by atoms with Gasteiger partial charge >= 0.3 is 6.09 Å². The average molecular weight is 236 g/mol. The number of rotatable bonds is 4. The van der Waals surface area contributed by atoms with Gasteiger partial charge in [-0.15, -0.1) is 0 Å². The third-order valence-electron chi connectivity index (χ3n) is 2.78. The lowest BCUT2D eigenvalue weighted by Gasteiger charge is -2.15. The highest BCUT2D eigenvalue weighted by Gasteiger charge is 2.10. The molecule has 0 unspecified atom stereocenters. The van der Waals surface area contributed by atoms with Gasteiger partial charge in [0.1, 0.15) is 5.75 Å². The van der Waals surface area contributed by atoms with E-state index in [9.17, 15) is 4.79 Å². The molecule has 1 aromatic rings. The Hall–Kier alpha value is -1.55. The molecular weight excluding hydrogens is 216 g/mol. The van der Waals surface area contributed by atoms with Gasteiger partial charge in [0.25, 0.3) is 0 Å². The van der Waals surface area contributed by atoms with Crippen LogP contribution in [0, 0.1) is 0 Å². The summed E-state index contributed by atoms with van der Waals surface area (Å²) in [5.41, 5.74) is 1.09. The summed E-state index contributed by atoms with van der Waals surface area (Å²) in [5.74, 6) is 0.579. The summed E-state index contributed by atoms with van der Waals surface area (Å²) in [6.45, 7) is 4.59. The molecule has 4 nitrogen and oxygen atoms in total. The van der Waals surface area contributed by atoms with E-state index in [1.54, 1.807) is 13.1 Å². The fourth-order valence-electron chi connectivity index (χ4n) is 1.32. The largest absolute Gasteiger partial charge is 0.414 e. The molecule has 0 radical (unpaired) electrons. The molecule has 94 valence electrons. The molecule has 17 heavy (non-hydrogen) atoms. The average Bonchev–Trinajstić information content (AvgIpc) is 2.37. The predicted molar refractivity (Wildman–Crippen MR) is 68.2 cm³/mol. The first kappa shape index (κ1) is 13.5. The van der Waals surface area contributed by atoms with Crippen LogP contribution < -0.4 is 10.1 Å². The quantitative estimate of drug-likeness (QED) is 0.873. The lowest BCUT2D eigenvalue weighted by Crippen LogP contribution is -2.29. The van der Waals surface area contributed by atoms with Crippen LogP contribution in [0.4, 0.5) is 4.79 Å². The minimum absolute atomic E-state index is 0.234. The van der Waals surface area contributed by atoms with E-state index in [1.165, 1.54) is 4.90 Å². The normalized spacial score (nSPS) is 12.0. The van der Waals surface area contributed by atoms with E-state index in [2.05, 4.69) is 12.2 Å². The Kier molecular flexibility index (Phi) is 4.97. The minimum atomic E-state index is -0.332. The van der Waals surface area contributed by atoms with Crippen LogP contribution in [-0.2, 0) is 0 Å². The van der Waals surface area contributed by atoms with Crippen molar-refractivity contribution in [2.24, 2.45) is 0 Å². The number of hydrogen-bond acceptors (Lipinski definition) is 3. The number of nitrogens with one attached hydrogen (secondary N) is 1. The molecule has 0 aliphatic rings. The van der Waals surface area contributed by atoms with Crippen molar-refractivity contribution < 1.29 is 9.53 Å². The van der Waals surface area contributed by atoms with E-state index in [0.29, 0.717) is 12.3 Å². The van der Waals surface area contributed by atoms with Crippen molar-refractivity contribution in [2.45, 2.75) is 19.9 Å². The molecule has 4 heteroatoms. The van der Waals surface area contributed by atoms with Crippen molar-refractivity contribution >= 4 is 6.09 Å². The van der Waals surface area contributed by atoms with Gasteiger partial charge in [-0.05, 0) is 38.6 Å². The SMILES string of the molecule is CCN(C)C(=O)Oc1cccc([C@H](C)NC)c1. The minimum Gasteiger partial charge on any atom is -0.410 e. The molecule has 0 saturated carbocycles. The molecule has 1 aromatic carbocycles. The van der Waals surface area contributed by atoms with Gasteiger partial charge < -0.3 is 15.0 Å². The third kappa shape index (κ3) is 3.75. The van der Waals surface area contributed by atoms with Gasteiger partial charge in [-0.1, -0.05) is 12.1 Å². The molecule has 1 atom stereocenters. The zero-order valence-corrected chi connectivity index (χ0v) is 10.9. The zero-order valence-electron chi connectivity index (χ0n) is 10.9. The van der Waals surface area contributed by atoms with Crippen LogP contribution in [0.3, 0.4) is 0 Å². The standard InChI is InChI=1S/C13H20N2O2/c1-5-15(4)13(16)17-12-8-6-7-11(9-12)10(2)14-3/h6-10,14H,5H2,1-4H3/t10-/m0/s1. The van der Waals surface area contributed by atoms with Gasteiger partial charge in [0.05, 0.1) is 0 Å². The zero-order chi connectivity index (χ0) is 12.8. The highest BCUT2D eigenvalue weighted by Crippen LogP contribution is 2.19. The van der Waals surface area contributed by atoms with E-state index < -0.39 is 0 Å². The van der Waals surface area contributed by atoms with Gasteiger partial charge in [0.2, 0.25) is 0 Å². The summed E-state index contributed by atoms with van der Waals surface area (Å²) in [7, 11) is 3.61. The van der Waals surface area contributed by atoms with E-state index in [0.717, 1.165) is 5.56 Å². The van der Waals surface area contributed by atoms with Crippen molar-refractivity contribution in [2.75, 3.05) is 20.6 Å². The van der Waals surface area contributed by atoms with Gasteiger partial charge in [0, 0.05) is 19.6 Å². The summed E-state index contributed by atoms with van der Waals surface area (Å²) < 4.78 is 5.26. The highest BCUT2D eigenvalue weighted by atomic mass is 16.6. The summed E-state index contributed by atoms with van der Waals surface area (Å²) in [6.07, 6.45) is -0.332. The summed E-state index contributed by atoms with van der Waals surface area (Å²) >= 11 is 0. The maximum atomic E-state index is 11.6. The van der Waals surface area contributed by atoms with Crippen molar-refractivity contribution in [1.29, 1.82) is 0 Å². The van der Waals surface area contributed by atoms with E-state index >= 15 is 0 Å². The number of hydrogen-bond donors (Lipinski definition) is 1. The second-order valence-corrected chi connectivity index (χ2v) is 3.96. The van der Waals surface area contributed by atoms with Crippen LogP contribution in [0.5, 0.6) is 5.75 Å². The molecule has 1 rings (SSSR count). The maximum Gasteiger partial charge on any atom is 0.414 e. The van der Waals surface area contributed by atoms with Gasteiger partial charge in [-0.25, -0.2) is 4.79 Å². The lowest BCUT2D eigenvalue weighted by molar-refractivity contribution is 0.165. The van der Waals surface area contributed by atoms with Crippen molar-refractivity contribution in [3.05, 3.63) is 29.8 Å². The van der Waals surface area contributed by atoms with Crippen LogP contribution in [0.25, 0.3) is 0 Å². The van der Waals surface area contributed by atoms with Crippen molar-refractivity contribution in [3.8, 4) is 5.75 Å². The second-order valence-electron chi connectivity index (χ2n) is 3.96. The van der Waals surface area contributed by atoms with Crippen LogP contribution >= 0.6 is 0 Å². The molecule has 0 spiro atoms. The molecule has 0 saturated heterocycles. The van der Waals surface area contributed by atoms with Crippen LogP contribution in [0.15, 0.2) is 24.3 Å². The van der Waals surface area contributed by atoms with Gasteiger partial charge in [-0.3, -0.25) is 0 Å². The summed E-state index contributed by atoms with van der Waals surface area (Å²) in [6, 6.07) is 7.79. The van der Waals surface area contributed by atoms with Crippen molar-refractivity contribution in [1.82, 2.24) is 10.2 Å². The fraction of sp³-hybridized carbons (Fsp3) is 0.462. The number of carbonyl (C=O) groups is 1. The Bertz CT molecular complexity index is 379. The molecular formula is C13H20N2O2. The first-order valence-electron chi connectivity index (χ1n) is 5.78. The Morgan fingerprint density at radius 2 is 2.24 bits per heavy atom. The molecule has 0 fully saturated rings. The van der Waals surface area contributed by atoms with Crippen LogP contribution in [0.2, 0.25) is 0 Å². The molecule has 1 amide bonds. The molecule has 0 aromatic heterocycles. The van der Waals surface area contributed by atoms with Crippen molar-refractivity contribution in [3.63, 3.8) is 0 Å². The topological polar surface area (TPSA) is 41.6 Å². The van der Waals surface area contributed by atoms with Gasteiger partial charge in [-0.2, -0.15) is 0 Å². The Morgan fingerprint density at radius 1 is 1.53 bits per heavy atom. The van der Waals surface area contributed by atoms with Gasteiger partial charge in [0.15, 0.2) is 0 Å². The Labute approximate surface area is 103 Å². The predicted octanol–water partition coefficient (Wildman–Crippen LogP) is 2.42. The molecule has 0 aliphatic heterocycles. The molecule has 0 bridgehead atoms. The number of benzene rings is 1. The number of ether oxygens (including phenoxy) is 1. The monoisotopic (exact) mass is 236 g/mol. The first-order chi connectivity index (χ1) is 8.08. The number of carbonyl (C=O) groups excluding carboxylic acids is 1. The fourth-order valence-corrected chi connectivity index (χ4v) is 1.32. The molecule has 0 aliphatic carbocycles. The highest BCUT2D eigenvalue weighted by molar-refractivity contribution is 5.70. The van der Waals surface area contributed by atoms with E-state index in [-0.39, 0.29) is 12.1 Å². The van der Waals surface area contributed by atoms with Crippen LogP contribution in [0.1, 0.15) is 25.5 Å². The Balaban J connectivity index is 2.75. The number of amides is 1. The Morgan fingerprint density at radius 3 is 2.82 bits per heavy atom. The first-order valence-corrected chi connectivity index (χ1v) is 5.78. The lowest BCUT2D eigenvalue weighted by atomic mass is 10.1. The smallest absolute Gasteiger partial charge is 0.410 e. The van der Waals surface area contributed by atoms with Crippen LogP contribution in [-0.4, -0.2) is 31.6 Å². The summed E-state index contributed by atoms with van der Waals surface area (Å²) in [4.78, 5) is 13.1. The summed E-state index contributed by atoms with van der Waals surface area (Å²) in [5, 5.41) is 3.14.